The summed E-state index contributed by atoms with van der Waals surface area (Å²) >= 11 is 0. The monoisotopic (exact) mass is 459 g/mol. The highest BCUT2D eigenvalue weighted by Gasteiger charge is 2.45. The molecular weight excluding hydrogens is 430 g/mol. The van der Waals surface area contributed by atoms with Crippen LogP contribution in [0.1, 0.15) is 85.8 Å². The number of aromatic carboxylic acids is 1. The van der Waals surface area contributed by atoms with Gasteiger partial charge in [-0.1, -0.05) is 6.58 Å². The molecule has 0 amide bonds. The van der Waals surface area contributed by atoms with Crippen molar-refractivity contribution in [1.29, 1.82) is 5.26 Å². The van der Waals surface area contributed by atoms with Crippen LogP contribution in [-0.2, 0) is 0 Å². The van der Waals surface area contributed by atoms with E-state index in [1.54, 1.807) is 0 Å². The normalized spacial score (nSPS) is 19.6. The number of ether oxygens (including phenoxy) is 1. The number of fused-ring (bicyclic) bond motifs is 6. The molecule has 0 spiro atoms. The van der Waals surface area contributed by atoms with Gasteiger partial charge in [-0.3, -0.25) is 14.5 Å². The lowest BCUT2D eigenvalue weighted by Gasteiger charge is -2.44. The van der Waals surface area contributed by atoms with Crippen LogP contribution in [0.3, 0.4) is 0 Å². The molecule has 34 heavy (non-hydrogen) atoms. The number of nitriles is 1. The SMILES string of the molecule is C=C(C#N)CCCOc1cc2c(cc1C1CC1)-c1cc(=O)c(C(=O)O)cn1N1[C@@H]2CCC1(C)C. The first-order chi connectivity index (χ1) is 16.2. The Bertz CT molecular complexity index is 1300. The van der Waals surface area contributed by atoms with Crippen LogP contribution < -0.4 is 15.2 Å². The van der Waals surface area contributed by atoms with E-state index in [1.807, 2.05) is 4.68 Å². The van der Waals surface area contributed by atoms with Gasteiger partial charge in [0.05, 0.1) is 30.0 Å². The number of pyridine rings is 1. The van der Waals surface area contributed by atoms with Crippen molar-refractivity contribution in [2.75, 3.05) is 11.6 Å². The molecule has 0 bridgehead atoms. The molecular formula is C27H29N3O4. The molecule has 3 heterocycles. The molecule has 1 aromatic carbocycles. The summed E-state index contributed by atoms with van der Waals surface area (Å²) in [5.74, 6) is 0.110. The van der Waals surface area contributed by atoms with E-state index in [-0.39, 0.29) is 17.1 Å². The van der Waals surface area contributed by atoms with Crippen molar-refractivity contribution in [2.45, 2.75) is 69.9 Å². The lowest BCUT2D eigenvalue weighted by atomic mass is 9.90. The summed E-state index contributed by atoms with van der Waals surface area (Å²) in [6.07, 6.45) is 6.92. The Morgan fingerprint density at radius 1 is 1.26 bits per heavy atom. The number of nitrogens with zero attached hydrogens (tertiary/aromatic N) is 3. The first-order valence-corrected chi connectivity index (χ1v) is 11.9. The third-order valence-electron chi connectivity index (χ3n) is 7.31. The Hall–Kier alpha value is -3.53. The summed E-state index contributed by atoms with van der Waals surface area (Å²) in [4.78, 5) is 24.4. The number of benzene rings is 1. The van der Waals surface area contributed by atoms with Crippen molar-refractivity contribution in [2.24, 2.45) is 0 Å². The first-order valence-electron chi connectivity index (χ1n) is 11.9. The Kier molecular flexibility index (Phi) is 5.27. The number of hydrogen-bond acceptors (Lipinski definition) is 5. The fraction of sp³-hybridized carbons (Fsp3) is 0.444. The lowest BCUT2D eigenvalue weighted by Crippen LogP contribution is -2.50. The van der Waals surface area contributed by atoms with Gasteiger partial charge in [0.2, 0.25) is 0 Å². The summed E-state index contributed by atoms with van der Waals surface area (Å²) in [6.45, 7) is 8.55. The Morgan fingerprint density at radius 2 is 2.03 bits per heavy atom. The molecule has 1 N–H and O–H groups in total. The smallest absolute Gasteiger partial charge is 0.341 e. The van der Waals surface area contributed by atoms with E-state index in [1.165, 1.54) is 12.3 Å². The van der Waals surface area contributed by atoms with Gasteiger partial charge in [0.1, 0.15) is 11.3 Å². The van der Waals surface area contributed by atoms with Crippen molar-refractivity contribution in [1.82, 2.24) is 4.68 Å². The summed E-state index contributed by atoms with van der Waals surface area (Å²) in [7, 11) is 0. The molecule has 2 aliphatic heterocycles. The largest absolute Gasteiger partial charge is 0.493 e. The van der Waals surface area contributed by atoms with Crippen molar-refractivity contribution in [3.05, 3.63) is 63.5 Å². The summed E-state index contributed by atoms with van der Waals surface area (Å²) in [6, 6.07) is 7.91. The Labute approximate surface area is 198 Å². The minimum absolute atomic E-state index is 0.0654. The fourth-order valence-corrected chi connectivity index (χ4v) is 5.41. The maximum Gasteiger partial charge on any atom is 0.341 e. The predicted molar refractivity (Wildman–Crippen MR) is 129 cm³/mol. The maximum absolute atomic E-state index is 12.7. The molecule has 7 heteroatoms. The molecule has 7 nitrogen and oxygen atoms in total. The molecule has 3 aliphatic rings. The van der Waals surface area contributed by atoms with E-state index in [0.29, 0.717) is 24.5 Å². The van der Waals surface area contributed by atoms with E-state index in [2.05, 4.69) is 43.6 Å². The zero-order valence-corrected chi connectivity index (χ0v) is 19.6. The topological polar surface area (TPSA) is 95.6 Å². The third-order valence-corrected chi connectivity index (χ3v) is 7.31. The number of carboxylic acids is 1. The Balaban J connectivity index is 1.61. The van der Waals surface area contributed by atoms with Crippen molar-refractivity contribution in [3.8, 4) is 23.1 Å². The summed E-state index contributed by atoms with van der Waals surface area (Å²) in [5.41, 5.74) is 3.65. The van der Waals surface area contributed by atoms with Gasteiger partial charge in [-0.05, 0) is 81.5 Å². The van der Waals surface area contributed by atoms with Crippen molar-refractivity contribution < 1.29 is 14.6 Å². The number of aromatic nitrogens is 1. The van der Waals surface area contributed by atoms with Crippen LogP contribution in [0.5, 0.6) is 5.75 Å². The van der Waals surface area contributed by atoms with Crippen molar-refractivity contribution >= 4 is 5.97 Å². The molecule has 1 saturated heterocycles. The highest BCUT2D eigenvalue weighted by Crippen LogP contribution is 2.52. The average Bonchev–Trinajstić information content (AvgIpc) is 3.59. The number of hydrogen-bond donors (Lipinski definition) is 1. The molecule has 1 atom stereocenters. The van der Waals surface area contributed by atoms with Crippen LogP contribution in [0.2, 0.25) is 0 Å². The van der Waals surface area contributed by atoms with E-state index in [0.717, 1.165) is 60.2 Å². The van der Waals surface area contributed by atoms with Gasteiger partial charge in [-0.25, -0.2) is 4.79 Å². The molecule has 1 aromatic heterocycles. The second kappa shape index (κ2) is 8.05. The molecule has 1 aliphatic carbocycles. The second-order valence-corrected chi connectivity index (χ2v) is 10.2. The minimum atomic E-state index is -1.21. The van der Waals surface area contributed by atoms with Crippen LogP contribution in [0.15, 0.2) is 41.3 Å². The third kappa shape index (κ3) is 3.67. The number of carboxylic acid groups (broad SMARTS) is 1. The zero-order valence-electron chi connectivity index (χ0n) is 19.6. The number of allylic oxidation sites excluding steroid dienone is 1. The zero-order chi connectivity index (χ0) is 24.2. The molecule has 1 saturated carbocycles. The number of carbonyl (C=O) groups is 1. The molecule has 0 unspecified atom stereocenters. The van der Waals surface area contributed by atoms with Crippen LogP contribution in [0.4, 0.5) is 0 Å². The lowest BCUT2D eigenvalue weighted by molar-refractivity contribution is 0.0694. The highest BCUT2D eigenvalue weighted by atomic mass is 16.5. The molecule has 2 aromatic rings. The van der Waals surface area contributed by atoms with E-state index in [9.17, 15) is 14.7 Å². The van der Waals surface area contributed by atoms with Crippen molar-refractivity contribution in [3.63, 3.8) is 0 Å². The first kappa shape index (κ1) is 22.3. The quantitative estimate of drug-likeness (QED) is 0.468. The number of rotatable bonds is 7. The molecule has 0 radical (unpaired) electrons. The van der Waals surface area contributed by atoms with Gasteiger partial charge < -0.3 is 9.84 Å². The molecule has 2 fully saturated rings. The standard InChI is InChI=1S/C27H29N3O4/c1-16(14-28)5-4-10-34-25-12-20-19(11-18(25)17-6-7-17)23-13-24(31)21(26(32)33)15-29(23)30-22(20)8-9-27(30,2)3/h11-13,15,17,22H,1,4-10H2,2-3H3,(H,32,33)/t22-/m1/s1. The Morgan fingerprint density at radius 3 is 2.71 bits per heavy atom. The minimum Gasteiger partial charge on any atom is -0.493 e. The van der Waals surface area contributed by atoms with E-state index < -0.39 is 11.4 Å². The van der Waals surface area contributed by atoms with Crippen LogP contribution in [0, 0.1) is 11.3 Å². The molecule has 5 rings (SSSR count). The van der Waals surface area contributed by atoms with Crippen LogP contribution >= 0.6 is 0 Å². The van der Waals surface area contributed by atoms with Gasteiger partial charge in [0, 0.05) is 23.4 Å². The van der Waals surface area contributed by atoms with Crippen LogP contribution in [0.25, 0.3) is 11.3 Å². The van der Waals surface area contributed by atoms with Crippen LogP contribution in [-0.4, -0.2) is 27.9 Å². The van der Waals surface area contributed by atoms with E-state index in [4.69, 9.17) is 10.00 Å². The second-order valence-electron chi connectivity index (χ2n) is 10.2. The van der Waals surface area contributed by atoms with Gasteiger partial charge in [-0.2, -0.15) is 5.26 Å². The van der Waals surface area contributed by atoms with Gasteiger partial charge in [-0.15, -0.1) is 0 Å². The molecule has 176 valence electrons. The maximum atomic E-state index is 12.7. The average molecular weight is 460 g/mol. The highest BCUT2D eigenvalue weighted by molar-refractivity contribution is 5.88. The van der Waals surface area contributed by atoms with E-state index >= 15 is 0 Å². The summed E-state index contributed by atoms with van der Waals surface area (Å²) < 4.78 is 8.15. The summed E-state index contributed by atoms with van der Waals surface area (Å²) in [5, 5.41) is 20.7. The van der Waals surface area contributed by atoms with Gasteiger partial charge in [0.15, 0.2) is 5.43 Å². The van der Waals surface area contributed by atoms with Gasteiger partial charge >= 0.3 is 5.97 Å². The predicted octanol–water partition coefficient (Wildman–Crippen LogP) is 4.89. The van der Waals surface area contributed by atoms with Gasteiger partial charge in [0.25, 0.3) is 0 Å². The fourth-order valence-electron chi connectivity index (χ4n) is 5.41.